The zero-order valence-corrected chi connectivity index (χ0v) is 14.1. The second-order valence-electron chi connectivity index (χ2n) is 6.62. The number of halogens is 1. The predicted molar refractivity (Wildman–Crippen MR) is 93.4 cm³/mol. The number of fused-ring (bicyclic) bond motifs is 1. The molecule has 136 valence electrons. The van der Waals surface area contributed by atoms with E-state index in [4.69, 9.17) is 9.05 Å². The van der Waals surface area contributed by atoms with Crippen molar-refractivity contribution in [3.05, 3.63) is 71.1 Å². The summed E-state index contributed by atoms with van der Waals surface area (Å²) in [4.78, 5) is 13.1. The first-order valence-corrected chi connectivity index (χ1v) is 8.61. The highest BCUT2D eigenvalue weighted by Gasteiger charge is 2.38. The largest absolute Gasteiger partial charge is 0.469 e. The molecule has 0 spiro atoms. The van der Waals surface area contributed by atoms with Crippen LogP contribution in [0.4, 0.5) is 16.0 Å². The lowest BCUT2D eigenvalue weighted by atomic mass is 9.80. The van der Waals surface area contributed by atoms with Crippen LogP contribution in [-0.4, -0.2) is 16.1 Å². The van der Waals surface area contributed by atoms with Crippen LogP contribution in [-0.2, 0) is 4.79 Å². The van der Waals surface area contributed by atoms with E-state index in [1.807, 2.05) is 6.07 Å². The lowest BCUT2D eigenvalue weighted by Gasteiger charge is -2.28. The second-order valence-corrected chi connectivity index (χ2v) is 6.62. The molecule has 8 heteroatoms. The molecule has 0 amide bonds. The highest BCUT2D eigenvalue weighted by molar-refractivity contribution is 6.00. The zero-order valence-electron chi connectivity index (χ0n) is 14.1. The van der Waals surface area contributed by atoms with Gasteiger partial charge in [0.2, 0.25) is 11.6 Å². The average molecular weight is 366 g/mol. The van der Waals surface area contributed by atoms with E-state index in [0.29, 0.717) is 34.9 Å². The maximum absolute atomic E-state index is 14.5. The van der Waals surface area contributed by atoms with Crippen molar-refractivity contribution >= 4 is 17.4 Å². The maximum atomic E-state index is 14.5. The maximum Gasteiger partial charge on any atom is 0.219 e. The highest BCUT2D eigenvalue weighted by atomic mass is 19.1. The molecule has 1 aliphatic carbocycles. The third-order valence-corrected chi connectivity index (χ3v) is 5.00. The summed E-state index contributed by atoms with van der Waals surface area (Å²) < 4.78 is 24.8. The number of rotatable bonds is 2. The number of allylic oxidation sites excluding steroid dienone is 1. The highest BCUT2D eigenvalue weighted by Crippen LogP contribution is 2.43. The average Bonchev–Trinajstić information content (AvgIpc) is 3.31. The molecule has 0 saturated carbocycles. The number of hydrogen-bond donors (Lipinski definition) is 2. The smallest absolute Gasteiger partial charge is 0.219 e. The Balaban J connectivity index is 1.64. The van der Waals surface area contributed by atoms with Crippen molar-refractivity contribution in [2.24, 2.45) is 0 Å². The molecule has 7 nitrogen and oxygen atoms in total. The Kier molecular flexibility index (Phi) is 3.56. The minimum absolute atomic E-state index is 0.0759. The first-order chi connectivity index (χ1) is 13.2. The summed E-state index contributed by atoms with van der Waals surface area (Å²) >= 11 is 0. The molecule has 27 heavy (non-hydrogen) atoms. The monoisotopic (exact) mass is 366 g/mol. The Labute approximate surface area is 153 Å². The van der Waals surface area contributed by atoms with Gasteiger partial charge in [-0.3, -0.25) is 4.79 Å². The van der Waals surface area contributed by atoms with Crippen LogP contribution in [0.25, 0.3) is 0 Å². The summed E-state index contributed by atoms with van der Waals surface area (Å²) in [5.41, 5.74) is 1.53. The predicted octanol–water partition coefficient (Wildman–Crippen LogP) is 3.78. The number of nitrogens with one attached hydrogen (secondary N) is 2. The van der Waals surface area contributed by atoms with Gasteiger partial charge in [-0.05, 0) is 34.9 Å². The van der Waals surface area contributed by atoms with Crippen LogP contribution in [0.15, 0.2) is 63.0 Å². The van der Waals surface area contributed by atoms with Crippen molar-refractivity contribution in [2.75, 3.05) is 10.6 Å². The van der Waals surface area contributed by atoms with Crippen LogP contribution in [0.5, 0.6) is 0 Å². The van der Waals surface area contributed by atoms with Gasteiger partial charge in [0.1, 0.15) is 11.6 Å². The molecule has 5 rings (SSSR count). The van der Waals surface area contributed by atoms with Gasteiger partial charge in [0, 0.05) is 29.2 Å². The SMILES string of the molecule is O=C1CC(c2ccco2)CC2=C1C(c1ccccc1F)Nc1nonc1N2. The lowest BCUT2D eigenvalue weighted by Crippen LogP contribution is -2.27. The molecule has 2 N–H and O–H groups in total. The molecule has 3 aromatic rings. The lowest BCUT2D eigenvalue weighted by molar-refractivity contribution is -0.116. The van der Waals surface area contributed by atoms with Crippen molar-refractivity contribution in [2.45, 2.75) is 24.8 Å². The summed E-state index contributed by atoms with van der Waals surface area (Å²) in [6.45, 7) is 0. The van der Waals surface area contributed by atoms with Gasteiger partial charge in [0.05, 0.1) is 12.3 Å². The van der Waals surface area contributed by atoms with Gasteiger partial charge in [-0.2, -0.15) is 0 Å². The zero-order chi connectivity index (χ0) is 18.4. The summed E-state index contributed by atoms with van der Waals surface area (Å²) in [6, 6.07) is 9.34. The van der Waals surface area contributed by atoms with Gasteiger partial charge >= 0.3 is 0 Å². The van der Waals surface area contributed by atoms with E-state index >= 15 is 0 Å². The first kappa shape index (κ1) is 15.8. The number of carbonyl (C=O) groups excluding carboxylic acids is 1. The van der Waals surface area contributed by atoms with E-state index in [-0.39, 0.29) is 18.1 Å². The molecular weight excluding hydrogens is 351 g/mol. The molecule has 1 aromatic carbocycles. The summed E-state index contributed by atoms with van der Waals surface area (Å²) in [7, 11) is 0. The number of Topliss-reactive ketones (excluding diaryl/α,β-unsaturated/α-hetero) is 1. The van der Waals surface area contributed by atoms with Crippen LogP contribution >= 0.6 is 0 Å². The van der Waals surface area contributed by atoms with E-state index < -0.39 is 11.9 Å². The first-order valence-electron chi connectivity index (χ1n) is 8.61. The Bertz CT molecular complexity index is 1040. The molecule has 2 atom stereocenters. The van der Waals surface area contributed by atoms with Crippen molar-refractivity contribution in [1.29, 1.82) is 0 Å². The fourth-order valence-electron chi connectivity index (χ4n) is 3.77. The van der Waals surface area contributed by atoms with E-state index in [9.17, 15) is 9.18 Å². The Hall–Kier alpha value is -3.42. The van der Waals surface area contributed by atoms with Crippen LogP contribution in [0, 0.1) is 5.82 Å². The van der Waals surface area contributed by atoms with Crippen molar-refractivity contribution in [3.63, 3.8) is 0 Å². The fourth-order valence-corrected chi connectivity index (χ4v) is 3.77. The number of hydrogen-bond acceptors (Lipinski definition) is 7. The van der Waals surface area contributed by atoms with Gasteiger partial charge in [0.25, 0.3) is 0 Å². The van der Waals surface area contributed by atoms with E-state index in [2.05, 4.69) is 20.9 Å². The molecule has 1 aliphatic heterocycles. The minimum atomic E-state index is -0.688. The summed E-state index contributed by atoms with van der Waals surface area (Å²) in [5.74, 6) is 0.876. The number of nitrogens with zero attached hydrogens (tertiary/aromatic N) is 2. The van der Waals surface area contributed by atoms with Crippen LogP contribution < -0.4 is 10.6 Å². The molecule has 0 bridgehead atoms. The van der Waals surface area contributed by atoms with Crippen LogP contribution in [0.3, 0.4) is 0 Å². The quantitative estimate of drug-likeness (QED) is 0.713. The molecule has 0 radical (unpaired) electrons. The molecule has 3 heterocycles. The number of furan rings is 1. The minimum Gasteiger partial charge on any atom is -0.469 e. The fraction of sp³-hybridized carbons (Fsp3) is 0.211. The normalized spacial score (nSPS) is 21.7. The van der Waals surface area contributed by atoms with Crippen LogP contribution in [0.2, 0.25) is 0 Å². The van der Waals surface area contributed by atoms with Gasteiger partial charge in [-0.25, -0.2) is 9.02 Å². The van der Waals surface area contributed by atoms with E-state index in [0.717, 1.165) is 5.76 Å². The van der Waals surface area contributed by atoms with E-state index in [1.54, 1.807) is 30.5 Å². The number of benzene rings is 1. The number of aromatic nitrogens is 2. The van der Waals surface area contributed by atoms with Gasteiger partial charge < -0.3 is 15.1 Å². The summed E-state index contributed by atoms with van der Waals surface area (Å²) in [5, 5.41) is 13.9. The number of ketones is 1. The molecular formula is C19H15FN4O3. The van der Waals surface area contributed by atoms with Gasteiger partial charge in [-0.15, -0.1) is 0 Å². The summed E-state index contributed by atoms with van der Waals surface area (Å²) in [6.07, 6.45) is 2.41. The molecule has 2 aromatic heterocycles. The van der Waals surface area contributed by atoms with Crippen molar-refractivity contribution in [1.82, 2.24) is 10.3 Å². The molecule has 2 unspecified atom stereocenters. The van der Waals surface area contributed by atoms with Gasteiger partial charge in [-0.1, -0.05) is 18.2 Å². The number of carbonyl (C=O) groups is 1. The van der Waals surface area contributed by atoms with Gasteiger partial charge in [0.15, 0.2) is 5.78 Å². The van der Waals surface area contributed by atoms with Crippen molar-refractivity contribution in [3.8, 4) is 0 Å². The molecule has 0 saturated heterocycles. The topological polar surface area (TPSA) is 93.2 Å². The molecule has 0 fully saturated rings. The molecule has 2 aliphatic rings. The van der Waals surface area contributed by atoms with E-state index in [1.165, 1.54) is 6.07 Å². The standard InChI is InChI=1S/C19H15FN4O3/c20-12-5-2-1-4-11(12)17-16-13(21-18-19(22-17)24-27-23-18)8-10(9-14(16)25)15-6-3-7-26-15/h1-7,10,17H,8-9H2,(H,21,23)(H,22,24). The Morgan fingerprint density at radius 2 is 1.93 bits per heavy atom. The third kappa shape index (κ3) is 2.61. The Morgan fingerprint density at radius 3 is 2.74 bits per heavy atom. The van der Waals surface area contributed by atoms with Crippen molar-refractivity contribution < 1.29 is 18.2 Å². The van der Waals surface area contributed by atoms with Crippen LogP contribution in [0.1, 0.15) is 36.1 Å². The second kappa shape index (κ2) is 6.08. The number of anilines is 2. The third-order valence-electron chi connectivity index (χ3n) is 5.00. The Morgan fingerprint density at radius 1 is 1.07 bits per heavy atom.